The fraction of sp³-hybridized carbons (Fsp3) is 0.0769. The lowest BCUT2D eigenvalue weighted by Crippen LogP contribution is -2.16. The molecule has 6 rings (SSSR count). The smallest absolute Gasteiger partial charge is 0.267 e. The number of anilines is 1. The summed E-state index contributed by atoms with van der Waals surface area (Å²) in [6.45, 7) is 3.55. The highest BCUT2D eigenvalue weighted by Gasteiger charge is 2.27. The van der Waals surface area contributed by atoms with Crippen molar-refractivity contribution in [2.75, 3.05) is 4.72 Å². The maximum absolute atomic E-state index is 15.6. The van der Waals surface area contributed by atoms with Crippen molar-refractivity contribution in [3.8, 4) is 17.1 Å². The first-order valence-electron chi connectivity index (χ1n) is 12.1. The number of carbonyl (C=O) groups is 1. The molecule has 0 saturated heterocycles. The Morgan fingerprint density at radius 2 is 1.88 bits per heavy atom. The third-order valence-electron chi connectivity index (χ3n) is 6.56. The van der Waals surface area contributed by atoms with Gasteiger partial charge in [0.1, 0.15) is 17.3 Å². The number of ketones is 1. The number of nitrogens with zero attached hydrogens (tertiary/aromatic N) is 6. The molecule has 212 valence electrons. The number of carbonyl (C=O) groups excluding carboxylic acids is 1. The zero-order valence-corrected chi connectivity index (χ0v) is 22.5. The first kappa shape index (κ1) is 26.8. The van der Waals surface area contributed by atoms with Gasteiger partial charge in [0.2, 0.25) is 5.78 Å². The van der Waals surface area contributed by atoms with E-state index in [1.165, 1.54) is 16.9 Å². The summed E-state index contributed by atoms with van der Waals surface area (Å²) in [5.74, 6) is -4.25. The Balaban J connectivity index is 1.40. The Hall–Kier alpha value is -5.38. The number of fused-ring (bicyclic) bond motifs is 1. The number of benzene rings is 2. The highest BCUT2D eigenvalue weighted by molar-refractivity contribution is 7.92. The molecule has 12 nitrogen and oxygen atoms in total. The Labute approximate surface area is 234 Å². The van der Waals surface area contributed by atoms with E-state index in [-0.39, 0.29) is 22.5 Å². The molecule has 0 unspecified atom stereocenters. The van der Waals surface area contributed by atoms with Gasteiger partial charge < -0.3 is 4.98 Å². The van der Waals surface area contributed by atoms with Crippen LogP contribution in [-0.2, 0) is 10.0 Å². The molecule has 4 heterocycles. The van der Waals surface area contributed by atoms with E-state index in [0.717, 1.165) is 30.3 Å². The van der Waals surface area contributed by atoms with E-state index in [0.29, 0.717) is 22.5 Å². The second-order valence-corrected chi connectivity index (χ2v) is 10.9. The molecule has 0 fully saturated rings. The molecule has 2 aromatic carbocycles. The van der Waals surface area contributed by atoms with E-state index in [1.54, 1.807) is 26.1 Å². The van der Waals surface area contributed by atoms with Gasteiger partial charge >= 0.3 is 0 Å². The van der Waals surface area contributed by atoms with Gasteiger partial charge in [-0.1, -0.05) is 11.2 Å². The zero-order chi connectivity index (χ0) is 29.8. The minimum atomic E-state index is -4.46. The van der Waals surface area contributed by atoms with Gasteiger partial charge in [-0.05, 0) is 60.7 Å². The normalized spacial score (nSPS) is 11.7. The summed E-state index contributed by atoms with van der Waals surface area (Å²) >= 11 is 0. The lowest BCUT2D eigenvalue weighted by atomic mass is 9.99. The largest absolute Gasteiger partial charge is 0.345 e. The quantitative estimate of drug-likeness (QED) is 0.234. The number of H-pyrrole nitrogens is 2. The maximum atomic E-state index is 15.6. The Morgan fingerprint density at radius 1 is 1.07 bits per heavy atom. The minimum absolute atomic E-state index is 0.107. The number of pyridine rings is 1. The summed E-state index contributed by atoms with van der Waals surface area (Å²) in [5, 5.41) is 18.3. The minimum Gasteiger partial charge on any atom is -0.345 e. The van der Waals surface area contributed by atoms with Crippen molar-refractivity contribution in [2.24, 2.45) is 0 Å². The number of nitrogens with one attached hydrogen (secondary N) is 3. The Bertz CT molecular complexity index is 2120. The molecule has 16 heteroatoms. The number of hydrogen-bond donors (Lipinski definition) is 3. The fourth-order valence-electron chi connectivity index (χ4n) is 4.65. The van der Waals surface area contributed by atoms with Crippen molar-refractivity contribution in [2.45, 2.75) is 18.7 Å². The summed E-state index contributed by atoms with van der Waals surface area (Å²) in [6.07, 6.45) is 2.81. The maximum Gasteiger partial charge on any atom is 0.267 e. The molecule has 42 heavy (non-hydrogen) atoms. The second-order valence-electron chi connectivity index (χ2n) is 9.18. The van der Waals surface area contributed by atoms with E-state index in [9.17, 15) is 22.0 Å². The molecule has 0 aliphatic heterocycles. The molecule has 0 spiro atoms. The van der Waals surface area contributed by atoms with Gasteiger partial charge in [-0.25, -0.2) is 36.4 Å². The van der Waals surface area contributed by atoms with Crippen LogP contribution in [0, 0.1) is 31.3 Å². The van der Waals surface area contributed by atoms with Crippen LogP contribution in [-0.4, -0.2) is 54.6 Å². The molecule has 0 aliphatic carbocycles. The van der Waals surface area contributed by atoms with Gasteiger partial charge in [0.05, 0.1) is 27.5 Å². The molecule has 0 atom stereocenters. The van der Waals surface area contributed by atoms with E-state index in [1.807, 2.05) is 4.72 Å². The number of aromatic amines is 2. The zero-order valence-electron chi connectivity index (χ0n) is 21.6. The Kier molecular flexibility index (Phi) is 6.33. The summed E-state index contributed by atoms with van der Waals surface area (Å²) in [4.78, 5) is 20.2. The molecule has 4 aromatic heterocycles. The third kappa shape index (κ3) is 4.46. The highest BCUT2D eigenvalue weighted by atomic mass is 32.2. The van der Waals surface area contributed by atoms with Gasteiger partial charge in [0.25, 0.3) is 16.0 Å². The van der Waals surface area contributed by atoms with Crippen molar-refractivity contribution in [3.05, 3.63) is 94.8 Å². The first-order valence-corrected chi connectivity index (χ1v) is 13.6. The number of sulfonamides is 1. The topological polar surface area (TPSA) is 164 Å². The molecule has 0 saturated carbocycles. The first-order chi connectivity index (χ1) is 20.0. The van der Waals surface area contributed by atoms with Gasteiger partial charge in [0, 0.05) is 34.5 Å². The van der Waals surface area contributed by atoms with Crippen molar-refractivity contribution < 1.29 is 26.4 Å². The monoisotopic (exact) mass is 593 g/mol. The number of halogens is 3. The van der Waals surface area contributed by atoms with E-state index in [4.69, 9.17) is 0 Å². The predicted octanol–water partition coefficient (Wildman–Crippen LogP) is 3.99. The molecule has 6 aromatic rings. The lowest BCUT2D eigenvalue weighted by Gasteiger charge is -2.12. The summed E-state index contributed by atoms with van der Waals surface area (Å²) in [5.41, 5.74) is 0.975. The molecule has 0 radical (unpaired) electrons. The number of tetrazole rings is 1. The summed E-state index contributed by atoms with van der Waals surface area (Å²) < 4.78 is 73.0. The lowest BCUT2D eigenvalue weighted by molar-refractivity contribution is 0.103. The third-order valence-corrected chi connectivity index (χ3v) is 7.92. The van der Waals surface area contributed by atoms with Crippen molar-refractivity contribution in [3.63, 3.8) is 0 Å². The van der Waals surface area contributed by atoms with Crippen LogP contribution in [0.5, 0.6) is 0 Å². The van der Waals surface area contributed by atoms with Gasteiger partial charge in [-0.2, -0.15) is 5.10 Å². The van der Waals surface area contributed by atoms with Crippen molar-refractivity contribution in [1.82, 2.24) is 40.4 Å². The average Bonchev–Trinajstić information content (AvgIpc) is 3.69. The second kappa shape index (κ2) is 9.91. The van der Waals surface area contributed by atoms with Crippen molar-refractivity contribution >= 4 is 32.5 Å². The van der Waals surface area contributed by atoms with E-state index in [2.05, 4.69) is 35.7 Å². The average molecular weight is 594 g/mol. The summed E-state index contributed by atoms with van der Waals surface area (Å²) in [7, 11) is -4.46. The SMILES string of the molecule is Cc1nn(-c2nnn[nH]2)c(C)c1-c1cnc2[nH]cc(C(=O)c3c(F)ccc(NS(=O)(=O)c4cccc(F)c4)c3F)c2c1. The van der Waals surface area contributed by atoms with E-state index < -0.39 is 49.4 Å². The van der Waals surface area contributed by atoms with Crippen LogP contribution in [0.4, 0.5) is 18.9 Å². The molecule has 3 N–H and O–H groups in total. The number of hydrogen-bond acceptors (Lipinski definition) is 8. The van der Waals surface area contributed by atoms with Crippen LogP contribution in [0.3, 0.4) is 0 Å². The van der Waals surface area contributed by atoms with Gasteiger partial charge in [0.15, 0.2) is 5.82 Å². The van der Waals surface area contributed by atoms with Gasteiger partial charge in [-0.15, -0.1) is 0 Å². The van der Waals surface area contributed by atoms with Crippen LogP contribution >= 0.6 is 0 Å². The number of aryl methyl sites for hydroxylation is 1. The van der Waals surface area contributed by atoms with Crippen molar-refractivity contribution in [1.29, 1.82) is 0 Å². The molecule has 0 bridgehead atoms. The van der Waals surface area contributed by atoms with E-state index >= 15 is 4.39 Å². The van der Waals surface area contributed by atoms with Gasteiger partial charge in [-0.3, -0.25) is 9.52 Å². The highest BCUT2D eigenvalue weighted by Crippen LogP contribution is 2.32. The Morgan fingerprint density at radius 3 is 2.62 bits per heavy atom. The van der Waals surface area contributed by atoms with Crippen LogP contribution < -0.4 is 4.72 Å². The van der Waals surface area contributed by atoms with Crippen LogP contribution in [0.15, 0.2) is 59.8 Å². The predicted molar refractivity (Wildman–Crippen MR) is 143 cm³/mol. The van der Waals surface area contributed by atoms with Crippen LogP contribution in [0.25, 0.3) is 28.1 Å². The molecular formula is C26H18F3N9O3S. The fourth-order valence-corrected chi connectivity index (χ4v) is 5.74. The number of rotatable bonds is 7. The molecule has 0 aliphatic rings. The summed E-state index contributed by atoms with van der Waals surface area (Å²) in [6, 6.07) is 7.26. The van der Waals surface area contributed by atoms with Crippen LogP contribution in [0.1, 0.15) is 27.3 Å². The standard InChI is InChI=1S/C26H18F3N9O3S/c1-12-21(13(2)38(34-12)26-32-36-37-33-26)14-8-17-18(11-31-25(17)30-10-14)24(39)22-19(28)6-7-20(23(22)29)35-42(40,41)16-5-3-4-15(27)9-16/h3-11,35H,1-2H3,(H,30,31)(H,32,33,36,37). The number of aromatic nitrogens is 8. The van der Waals surface area contributed by atoms with Crippen LogP contribution in [0.2, 0.25) is 0 Å². The molecular weight excluding hydrogens is 575 g/mol. The molecule has 0 amide bonds.